The number of urea groups is 1. The van der Waals surface area contributed by atoms with Crippen LogP contribution in [0.15, 0.2) is 0 Å². The first-order valence-corrected chi connectivity index (χ1v) is 6.86. The number of likely N-dealkylation sites (tertiary alicyclic amines) is 1. The van der Waals surface area contributed by atoms with Crippen molar-refractivity contribution in [3.63, 3.8) is 0 Å². The lowest BCUT2D eigenvalue weighted by atomic mass is 9.97. The number of hydrogen-bond acceptors (Lipinski definition) is 3. The summed E-state index contributed by atoms with van der Waals surface area (Å²) in [6, 6.07) is 0.0311. The molecule has 0 aromatic carbocycles. The molecule has 0 bridgehead atoms. The first-order valence-electron chi connectivity index (χ1n) is 6.86. The third kappa shape index (κ3) is 4.38. The Morgan fingerprint density at radius 1 is 1.32 bits per heavy atom. The third-order valence-corrected chi connectivity index (χ3v) is 3.54. The first-order chi connectivity index (χ1) is 8.97. The minimum absolute atomic E-state index is 0.0488. The van der Waals surface area contributed by atoms with Crippen LogP contribution in [0.25, 0.3) is 0 Å². The predicted molar refractivity (Wildman–Crippen MR) is 70.9 cm³/mol. The lowest BCUT2D eigenvalue weighted by Gasteiger charge is -2.36. The van der Waals surface area contributed by atoms with Gasteiger partial charge in [-0.2, -0.15) is 0 Å². The molecular weight excluding hydrogens is 248 g/mol. The number of carboxylic acids is 1. The van der Waals surface area contributed by atoms with Gasteiger partial charge in [-0.3, -0.25) is 4.79 Å². The highest BCUT2D eigenvalue weighted by molar-refractivity contribution is 5.75. The van der Waals surface area contributed by atoms with Crippen LogP contribution < -0.4 is 0 Å². The van der Waals surface area contributed by atoms with Crippen molar-refractivity contribution in [1.82, 2.24) is 9.80 Å². The molecule has 0 aromatic rings. The molecule has 0 atom stereocenters. The molecule has 1 aliphatic heterocycles. The largest absolute Gasteiger partial charge is 0.481 e. The Morgan fingerprint density at radius 2 is 1.89 bits per heavy atom. The summed E-state index contributed by atoms with van der Waals surface area (Å²) in [7, 11) is 0. The SMILES string of the molecule is CC(C)N(CCCO)C(=O)N1CCC(C(=O)O)CC1. The summed E-state index contributed by atoms with van der Waals surface area (Å²) in [6.45, 7) is 5.48. The van der Waals surface area contributed by atoms with E-state index in [-0.39, 0.29) is 24.6 Å². The summed E-state index contributed by atoms with van der Waals surface area (Å²) in [5, 5.41) is 17.8. The Balaban J connectivity index is 2.54. The van der Waals surface area contributed by atoms with Crippen LogP contribution in [0.2, 0.25) is 0 Å². The van der Waals surface area contributed by atoms with Crippen LogP contribution in [0.3, 0.4) is 0 Å². The van der Waals surface area contributed by atoms with E-state index in [9.17, 15) is 9.59 Å². The zero-order chi connectivity index (χ0) is 14.4. The van der Waals surface area contributed by atoms with E-state index in [2.05, 4.69) is 0 Å². The Labute approximate surface area is 114 Å². The second kappa shape index (κ2) is 7.33. The van der Waals surface area contributed by atoms with Gasteiger partial charge in [0.1, 0.15) is 0 Å². The third-order valence-electron chi connectivity index (χ3n) is 3.54. The Hall–Kier alpha value is -1.30. The quantitative estimate of drug-likeness (QED) is 0.782. The topological polar surface area (TPSA) is 81.1 Å². The van der Waals surface area contributed by atoms with E-state index in [0.717, 1.165) is 0 Å². The highest BCUT2D eigenvalue weighted by atomic mass is 16.4. The van der Waals surface area contributed by atoms with Gasteiger partial charge in [-0.25, -0.2) is 4.79 Å². The Kier molecular flexibility index (Phi) is 6.08. The van der Waals surface area contributed by atoms with Crippen molar-refractivity contribution in [3.8, 4) is 0 Å². The number of aliphatic hydroxyl groups is 1. The number of aliphatic carboxylic acids is 1. The molecule has 1 fully saturated rings. The normalized spacial score (nSPS) is 16.7. The molecule has 1 aliphatic rings. The van der Waals surface area contributed by atoms with E-state index in [4.69, 9.17) is 10.2 Å². The molecule has 1 heterocycles. The standard InChI is InChI=1S/C13H24N2O4/c1-10(2)15(6-3-9-16)13(19)14-7-4-11(5-8-14)12(17)18/h10-11,16H,3-9H2,1-2H3,(H,17,18). The molecule has 0 aliphatic carbocycles. The molecule has 0 unspecified atom stereocenters. The number of amides is 2. The Bertz CT molecular complexity index is 312. The molecule has 0 spiro atoms. The fourth-order valence-electron chi connectivity index (χ4n) is 2.32. The average molecular weight is 272 g/mol. The number of piperidine rings is 1. The van der Waals surface area contributed by atoms with Crippen molar-refractivity contribution in [2.24, 2.45) is 5.92 Å². The summed E-state index contributed by atoms with van der Waals surface area (Å²) in [5.41, 5.74) is 0. The van der Waals surface area contributed by atoms with E-state index in [1.54, 1.807) is 9.80 Å². The van der Waals surface area contributed by atoms with E-state index in [1.165, 1.54) is 0 Å². The van der Waals surface area contributed by atoms with E-state index < -0.39 is 5.97 Å². The monoisotopic (exact) mass is 272 g/mol. The molecule has 0 aromatic heterocycles. The molecule has 1 rings (SSSR count). The van der Waals surface area contributed by atoms with E-state index >= 15 is 0 Å². The van der Waals surface area contributed by atoms with Gasteiger partial charge in [0.25, 0.3) is 0 Å². The number of nitrogens with zero attached hydrogens (tertiary/aromatic N) is 2. The maximum Gasteiger partial charge on any atom is 0.320 e. The summed E-state index contributed by atoms with van der Waals surface area (Å²) >= 11 is 0. The van der Waals surface area contributed by atoms with E-state index in [1.807, 2.05) is 13.8 Å². The summed E-state index contributed by atoms with van der Waals surface area (Å²) in [5.74, 6) is -1.10. The van der Waals surface area contributed by atoms with Gasteiger partial charge in [0.2, 0.25) is 0 Å². The maximum atomic E-state index is 12.3. The minimum Gasteiger partial charge on any atom is -0.481 e. The van der Waals surface area contributed by atoms with Gasteiger partial charge in [0.05, 0.1) is 5.92 Å². The fourth-order valence-corrected chi connectivity index (χ4v) is 2.32. The number of carbonyl (C=O) groups is 2. The van der Waals surface area contributed by atoms with Gasteiger partial charge in [-0.1, -0.05) is 0 Å². The van der Waals surface area contributed by atoms with Crippen molar-refractivity contribution in [1.29, 1.82) is 0 Å². The van der Waals surface area contributed by atoms with Crippen LogP contribution in [-0.2, 0) is 4.79 Å². The number of hydrogen-bond donors (Lipinski definition) is 2. The minimum atomic E-state index is -0.770. The molecule has 0 radical (unpaired) electrons. The molecule has 1 saturated heterocycles. The van der Waals surface area contributed by atoms with Crippen LogP contribution in [-0.4, -0.2) is 64.3 Å². The highest BCUT2D eigenvalue weighted by Crippen LogP contribution is 2.19. The molecule has 6 heteroatoms. The number of carboxylic acid groups (broad SMARTS) is 1. The molecule has 110 valence electrons. The number of carbonyl (C=O) groups excluding carboxylic acids is 1. The van der Waals surface area contributed by atoms with Crippen LogP contribution in [0.1, 0.15) is 33.1 Å². The van der Waals surface area contributed by atoms with Gasteiger partial charge >= 0.3 is 12.0 Å². The zero-order valence-corrected chi connectivity index (χ0v) is 11.7. The Morgan fingerprint density at radius 3 is 2.32 bits per heavy atom. The second-order valence-corrected chi connectivity index (χ2v) is 5.25. The van der Waals surface area contributed by atoms with Gasteiger partial charge in [0, 0.05) is 32.3 Å². The van der Waals surface area contributed by atoms with Crippen molar-refractivity contribution in [3.05, 3.63) is 0 Å². The summed E-state index contributed by atoms with van der Waals surface area (Å²) in [6.07, 6.45) is 1.61. The lowest BCUT2D eigenvalue weighted by molar-refractivity contribution is -0.143. The molecule has 2 N–H and O–H groups in total. The first kappa shape index (κ1) is 15.8. The van der Waals surface area contributed by atoms with Crippen LogP contribution in [0.4, 0.5) is 4.79 Å². The fraction of sp³-hybridized carbons (Fsp3) is 0.846. The van der Waals surface area contributed by atoms with Crippen molar-refractivity contribution in [2.75, 3.05) is 26.2 Å². The van der Waals surface area contributed by atoms with Crippen molar-refractivity contribution >= 4 is 12.0 Å². The highest BCUT2D eigenvalue weighted by Gasteiger charge is 2.29. The summed E-state index contributed by atoms with van der Waals surface area (Å²) in [4.78, 5) is 26.7. The lowest BCUT2D eigenvalue weighted by Crippen LogP contribution is -2.50. The summed E-state index contributed by atoms with van der Waals surface area (Å²) < 4.78 is 0. The predicted octanol–water partition coefficient (Wildman–Crippen LogP) is 0.996. The van der Waals surface area contributed by atoms with Crippen molar-refractivity contribution in [2.45, 2.75) is 39.2 Å². The van der Waals surface area contributed by atoms with Gasteiger partial charge < -0.3 is 20.0 Å². The molecule has 6 nitrogen and oxygen atoms in total. The average Bonchev–Trinajstić information content (AvgIpc) is 2.38. The van der Waals surface area contributed by atoms with Crippen LogP contribution in [0.5, 0.6) is 0 Å². The van der Waals surface area contributed by atoms with Gasteiger partial charge in [0.15, 0.2) is 0 Å². The molecule has 0 saturated carbocycles. The maximum absolute atomic E-state index is 12.3. The van der Waals surface area contributed by atoms with Crippen LogP contribution >= 0.6 is 0 Å². The number of rotatable bonds is 5. The van der Waals surface area contributed by atoms with Crippen molar-refractivity contribution < 1.29 is 19.8 Å². The van der Waals surface area contributed by atoms with Crippen LogP contribution in [0, 0.1) is 5.92 Å². The zero-order valence-electron chi connectivity index (χ0n) is 11.7. The second-order valence-electron chi connectivity index (χ2n) is 5.25. The van der Waals surface area contributed by atoms with Gasteiger partial charge in [-0.15, -0.1) is 0 Å². The molecular formula is C13H24N2O4. The smallest absolute Gasteiger partial charge is 0.320 e. The molecule has 2 amide bonds. The number of aliphatic hydroxyl groups excluding tert-OH is 1. The van der Waals surface area contributed by atoms with E-state index in [0.29, 0.717) is 38.9 Å². The van der Waals surface area contributed by atoms with Gasteiger partial charge in [-0.05, 0) is 33.1 Å². The molecule has 19 heavy (non-hydrogen) atoms.